The minimum absolute atomic E-state index is 0.596. The summed E-state index contributed by atoms with van der Waals surface area (Å²) < 4.78 is 1.19. The molecule has 0 N–H and O–H groups in total. The van der Waals surface area contributed by atoms with Gasteiger partial charge in [-0.15, -0.1) is 11.3 Å². The summed E-state index contributed by atoms with van der Waals surface area (Å²) in [5.74, 6) is 0. The molecule has 0 radical (unpaired) electrons. The van der Waals surface area contributed by atoms with E-state index in [9.17, 15) is 0 Å². The van der Waals surface area contributed by atoms with E-state index in [2.05, 4.69) is 4.98 Å². The van der Waals surface area contributed by atoms with E-state index in [1.54, 1.807) is 17.5 Å². The van der Waals surface area contributed by atoms with Crippen LogP contribution in [-0.4, -0.2) is 4.98 Å². The van der Waals surface area contributed by atoms with Gasteiger partial charge in [0.25, 0.3) is 0 Å². The Kier molecular flexibility index (Phi) is 1.36. The minimum atomic E-state index is 0.596. The highest BCUT2D eigenvalue weighted by Gasteiger charge is 1.97. The highest BCUT2D eigenvalue weighted by molar-refractivity contribution is 7.17. The standard InChI is InChI=1S/C7H4ClNS/c8-7-5-2-4-10-6(5)1-3-9-7/h1-4H. The van der Waals surface area contributed by atoms with Crippen LogP contribution in [0.5, 0.6) is 0 Å². The molecular formula is C7H4ClNS. The zero-order chi connectivity index (χ0) is 6.97. The third-order valence-electron chi connectivity index (χ3n) is 1.33. The number of rotatable bonds is 0. The number of hydrogen-bond acceptors (Lipinski definition) is 2. The molecule has 2 aromatic heterocycles. The minimum Gasteiger partial charge on any atom is -0.244 e. The molecule has 3 heteroatoms. The second-order valence-electron chi connectivity index (χ2n) is 1.93. The normalized spacial score (nSPS) is 10.5. The van der Waals surface area contributed by atoms with E-state index in [-0.39, 0.29) is 0 Å². The summed E-state index contributed by atoms with van der Waals surface area (Å²) in [5.41, 5.74) is 0. The molecule has 0 fully saturated rings. The van der Waals surface area contributed by atoms with Crippen molar-refractivity contribution >= 4 is 33.0 Å². The second-order valence-corrected chi connectivity index (χ2v) is 3.24. The highest BCUT2D eigenvalue weighted by atomic mass is 35.5. The van der Waals surface area contributed by atoms with Crippen LogP contribution in [0.4, 0.5) is 0 Å². The van der Waals surface area contributed by atoms with Gasteiger partial charge in [-0.25, -0.2) is 4.98 Å². The van der Waals surface area contributed by atoms with Crippen LogP contribution < -0.4 is 0 Å². The van der Waals surface area contributed by atoms with Crippen molar-refractivity contribution in [3.05, 3.63) is 28.9 Å². The maximum atomic E-state index is 5.79. The molecule has 0 saturated carbocycles. The van der Waals surface area contributed by atoms with E-state index in [0.717, 1.165) is 5.39 Å². The van der Waals surface area contributed by atoms with Crippen molar-refractivity contribution in [2.75, 3.05) is 0 Å². The van der Waals surface area contributed by atoms with Crippen molar-refractivity contribution in [2.45, 2.75) is 0 Å². The molecule has 10 heavy (non-hydrogen) atoms. The number of pyridine rings is 1. The van der Waals surface area contributed by atoms with Crippen LogP contribution in [0.2, 0.25) is 5.15 Å². The predicted octanol–water partition coefficient (Wildman–Crippen LogP) is 2.95. The lowest BCUT2D eigenvalue weighted by Crippen LogP contribution is -1.70. The van der Waals surface area contributed by atoms with Crippen LogP contribution in [0.15, 0.2) is 23.7 Å². The fraction of sp³-hybridized carbons (Fsp3) is 0. The molecule has 0 aromatic carbocycles. The molecule has 50 valence electrons. The largest absolute Gasteiger partial charge is 0.244 e. The van der Waals surface area contributed by atoms with Gasteiger partial charge >= 0.3 is 0 Å². The Morgan fingerprint density at radius 2 is 2.30 bits per heavy atom. The number of fused-ring (bicyclic) bond motifs is 1. The number of hydrogen-bond donors (Lipinski definition) is 0. The molecule has 0 bridgehead atoms. The Morgan fingerprint density at radius 1 is 1.40 bits per heavy atom. The lowest BCUT2D eigenvalue weighted by molar-refractivity contribution is 1.37. The van der Waals surface area contributed by atoms with Crippen molar-refractivity contribution in [2.24, 2.45) is 0 Å². The molecule has 2 rings (SSSR count). The van der Waals surface area contributed by atoms with Crippen molar-refractivity contribution in [3.8, 4) is 0 Å². The van der Waals surface area contributed by atoms with Gasteiger partial charge in [-0.3, -0.25) is 0 Å². The maximum Gasteiger partial charge on any atom is 0.137 e. The summed E-state index contributed by atoms with van der Waals surface area (Å²) in [7, 11) is 0. The quantitative estimate of drug-likeness (QED) is 0.553. The average molecular weight is 170 g/mol. The average Bonchev–Trinajstić information content (AvgIpc) is 2.36. The second kappa shape index (κ2) is 2.22. The summed E-state index contributed by atoms with van der Waals surface area (Å²) in [6.45, 7) is 0. The smallest absolute Gasteiger partial charge is 0.137 e. The Labute approximate surface area is 67.3 Å². The molecule has 0 aliphatic rings. The molecule has 0 atom stereocenters. The third-order valence-corrected chi connectivity index (χ3v) is 2.51. The van der Waals surface area contributed by atoms with Gasteiger partial charge in [0, 0.05) is 16.3 Å². The zero-order valence-corrected chi connectivity index (χ0v) is 6.62. The van der Waals surface area contributed by atoms with Crippen LogP contribution in [0.25, 0.3) is 10.1 Å². The van der Waals surface area contributed by atoms with Gasteiger partial charge in [0.05, 0.1) is 0 Å². The number of thiophene rings is 1. The van der Waals surface area contributed by atoms with Crippen LogP contribution in [0.3, 0.4) is 0 Å². The van der Waals surface area contributed by atoms with Crippen molar-refractivity contribution in [3.63, 3.8) is 0 Å². The molecule has 2 aromatic rings. The molecular weight excluding hydrogens is 166 g/mol. The van der Waals surface area contributed by atoms with E-state index in [0.29, 0.717) is 5.15 Å². The van der Waals surface area contributed by atoms with E-state index in [4.69, 9.17) is 11.6 Å². The first-order chi connectivity index (χ1) is 4.88. The third kappa shape index (κ3) is 0.805. The Balaban J connectivity index is 2.95. The van der Waals surface area contributed by atoms with Gasteiger partial charge in [-0.2, -0.15) is 0 Å². The maximum absolute atomic E-state index is 5.79. The predicted molar refractivity (Wildman–Crippen MR) is 44.6 cm³/mol. The van der Waals surface area contributed by atoms with Crippen LogP contribution in [0.1, 0.15) is 0 Å². The zero-order valence-electron chi connectivity index (χ0n) is 5.04. The monoisotopic (exact) mass is 169 g/mol. The molecule has 0 aliphatic heterocycles. The van der Waals surface area contributed by atoms with E-state index in [1.807, 2.05) is 17.5 Å². The van der Waals surface area contributed by atoms with Crippen LogP contribution in [0, 0.1) is 0 Å². The molecule has 1 nitrogen and oxygen atoms in total. The molecule has 0 aliphatic carbocycles. The highest BCUT2D eigenvalue weighted by Crippen LogP contribution is 2.24. The molecule has 0 unspecified atom stereocenters. The van der Waals surface area contributed by atoms with Gasteiger partial charge in [0.1, 0.15) is 5.15 Å². The number of aromatic nitrogens is 1. The van der Waals surface area contributed by atoms with Crippen LogP contribution >= 0.6 is 22.9 Å². The molecule has 0 spiro atoms. The van der Waals surface area contributed by atoms with Gasteiger partial charge in [-0.1, -0.05) is 11.6 Å². The summed E-state index contributed by atoms with van der Waals surface area (Å²) in [6.07, 6.45) is 1.72. The lowest BCUT2D eigenvalue weighted by Gasteiger charge is -1.88. The lowest BCUT2D eigenvalue weighted by atomic mass is 10.3. The summed E-state index contributed by atoms with van der Waals surface area (Å²) in [4.78, 5) is 3.95. The van der Waals surface area contributed by atoms with Gasteiger partial charge in [-0.05, 0) is 17.5 Å². The first-order valence-corrected chi connectivity index (χ1v) is 4.11. The van der Waals surface area contributed by atoms with E-state index in [1.165, 1.54) is 4.70 Å². The summed E-state index contributed by atoms with van der Waals surface area (Å²) in [5, 5.41) is 3.66. The Morgan fingerprint density at radius 3 is 3.10 bits per heavy atom. The molecule has 0 amide bonds. The van der Waals surface area contributed by atoms with Gasteiger partial charge < -0.3 is 0 Å². The number of nitrogens with zero attached hydrogens (tertiary/aromatic N) is 1. The van der Waals surface area contributed by atoms with Gasteiger partial charge in [0.2, 0.25) is 0 Å². The molecule has 2 heterocycles. The van der Waals surface area contributed by atoms with Crippen molar-refractivity contribution in [1.29, 1.82) is 0 Å². The van der Waals surface area contributed by atoms with Crippen LogP contribution in [-0.2, 0) is 0 Å². The Bertz CT molecular complexity index is 355. The SMILES string of the molecule is Clc1nccc2sccc12. The molecule has 0 saturated heterocycles. The fourth-order valence-corrected chi connectivity index (χ4v) is 1.92. The topological polar surface area (TPSA) is 12.9 Å². The Hall–Kier alpha value is -0.600. The first kappa shape index (κ1) is 6.13. The summed E-state index contributed by atoms with van der Waals surface area (Å²) in [6, 6.07) is 3.95. The first-order valence-electron chi connectivity index (χ1n) is 2.85. The van der Waals surface area contributed by atoms with E-state index < -0.39 is 0 Å². The summed E-state index contributed by atoms with van der Waals surface area (Å²) >= 11 is 7.47. The van der Waals surface area contributed by atoms with Gasteiger partial charge in [0.15, 0.2) is 0 Å². The van der Waals surface area contributed by atoms with Crippen molar-refractivity contribution in [1.82, 2.24) is 4.98 Å². The van der Waals surface area contributed by atoms with Crippen molar-refractivity contribution < 1.29 is 0 Å². The van der Waals surface area contributed by atoms with E-state index >= 15 is 0 Å². The fourth-order valence-electron chi connectivity index (χ4n) is 0.860. The number of halogens is 1.